The molecule has 1 aromatic rings. The van der Waals surface area contributed by atoms with Crippen LogP contribution in [0.25, 0.3) is 0 Å². The lowest BCUT2D eigenvalue weighted by Gasteiger charge is -2.22. The number of hydrogen-bond acceptors (Lipinski definition) is 6. The number of hydrogen-bond donors (Lipinski definition) is 1. The van der Waals surface area contributed by atoms with Gasteiger partial charge in [0.2, 0.25) is 0 Å². The van der Waals surface area contributed by atoms with Crippen molar-refractivity contribution in [3.63, 3.8) is 0 Å². The molecule has 1 aliphatic carbocycles. The SMILES string of the molecule is CCCSc1nsnc1OC1CC2CNC1C2.Cl. The number of thioether (sulfide) groups is 1. The summed E-state index contributed by atoms with van der Waals surface area (Å²) in [5.74, 6) is 2.65. The Balaban J connectivity index is 0.00000120. The normalized spacial score (nSPS) is 29.3. The molecule has 1 N–H and O–H groups in total. The Morgan fingerprint density at radius 3 is 3.00 bits per heavy atom. The maximum atomic E-state index is 6.03. The van der Waals surface area contributed by atoms with E-state index in [2.05, 4.69) is 21.0 Å². The molecule has 2 fully saturated rings. The molecule has 1 aromatic heterocycles. The second-order valence-corrected chi connectivity index (χ2v) is 6.34. The molecule has 2 aliphatic rings. The fourth-order valence-corrected chi connectivity index (χ4v) is 3.98. The summed E-state index contributed by atoms with van der Waals surface area (Å²) in [6.07, 6.45) is 3.89. The summed E-state index contributed by atoms with van der Waals surface area (Å²) in [6.45, 7) is 3.34. The van der Waals surface area contributed by atoms with Crippen LogP contribution in [0.1, 0.15) is 26.2 Å². The fraction of sp³-hybridized carbons (Fsp3) is 0.818. The van der Waals surface area contributed by atoms with E-state index in [1.165, 1.54) is 24.6 Å². The van der Waals surface area contributed by atoms with Gasteiger partial charge in [0.25, 0.3) is 5.88 Å². The van der Waals surface area contributed by atoms with Crippen molar-refractivity contribution in [3.8, 4) is 5.88 Å². The van der Waals surface area contributed by atoms with Crippen molar-refractivity contribution in [3.05, 3.63) is 0 Å². The van der Waals surface area contributed by atoms with E-state index < -0.39 is 0 Å². The second-order valence-electron chi connectivity index (χ2n) is 4.73. The topological polar surface area (TPSA) is 47.0 Å². The quantitative estimate of drug-likeness (QED) is 0.847. The van der Waals surface area contributed by atoms with Gasteiger partial charge in [0.15, 0.2) is 5.03 Å². The van der Waals surface area contributed by atoms with Gasteiger partial charge < -0.3 is 10.1 Å². The van der Waals surface area contributed by atoms with Crippen LogP contribution in [0.4, 0.5) is 0 Å². The van der Waals surface area contributed by atoms with E-state index in [1.807, 2.05) is 0 Å². The van der Waals surface area contributed by atoms with Gasteiger partial charge in [0, 0.05) is 6.04 Å². The van der Waals surface area contributed by atoms with Gasteiger partial charge in [-0.3, -0.25) is 0 Å². The lowest BCUT2D eigenvalue weighted by atomic mass is 10.1. The lowest BCUT2D eigenvalue weighted by Crippen LogP contribution is -2.40. The maximum absolute atomic E-state index is 6.03. The minimum absolute atomic E-state index is 0. The number of nitrogens with zero attached hydrogens (tertiary/aromatic N) is 2. The summed E-state index contributed by atoms with van der Waals surface area (Å²) >= 11 is 3.00. The van der Waals surface area contributed by atoms with Gasteiger partial charge in [-0.15, -0.1) is 16.8 Å². The molecule has 1 aliphatic heterocycles. The molecule has 1 saturated carbocycles. The van der Waals surface area contributed by atoms with Crippen LogP contribution in [0.3, 0.4) is 0 Å². The van der Waals surface area contributed by atoms with Crippen molar-refractivity contribution in [1.29, 1.82) is 0 Å². The van der Waals surface area contributed by atoms with Crippen molar-refractivity contribution in [1.82, 2.24) is 14.1 Å². The summed E-state index contributed by atoms with van der Waals surface area (Å²) in [4.78, 5) is 0. The molecule has 0 radical (unpaired) electrons. The molecule has 3 atom stereocenters. The third-order valence-electron chi connectivity index (χ3n) is 3.41. The zero-order valence-corrected chi connectivity index (χ0v) is 12.7. The van der Waals surface area contributed by atoms with Gasteiger partial charge in [-0.05, 0) is 37.5 Å². The summed E-state index contributed by atoms with van der Waals surface area (Å²) in [7, 11) is 0. The minimum atomic E-state index is 0. The van der Waals surface area contributed by atoms with Gasteiger partial charge in [0.05, 0.1) is 11.7 Å². The molecule has 7 heteroatoms. The molecule has 0 amide bonds. The van der Waals surface area contributed by atoms with Crippen LogP contribution >= 0.6 is 35.9 Å². The molecule has 0 aromatic carbocycles. The predicted molar refractivity (Wildman–Crippen MR) is 77.1 cm³/mol. The first kappa shape index (κ1) is 14.4. The fourth-order valence-electron chi connectivity index (χ4n) is 2.60. The molecule has 102 valence electrons. The molecule has 0 spiro atoms. The van der Waals surface area contributed by atoms with Crippen LogP contribution in [0.5, 0.6) is 5.88 Å². The number of aromatic nitrogens is 2. The third-order valence-corrected chi connectivity index (χ3v) is 5.19. The van der Waals surface area contributed by atoms with Crippen molar-refractivity contribution in [2.75, 3.05) is 12.3 Å². The zero-order chi connectivity index (χ0) is 11.7. The van der Waals surface area contributed by atoms with E-state index in [4.69, 9.17) is 4.74 Å². The highest BCUT2D eigenvalue weighted by atomic mass is 35.5. The van der Waals surface area contributed by atoms with Crippen molar-refractivity contribution >= 4 is 35.9 Å². The van der Waals surface area contributed by atoms with Gasteiger partial charge in [-0.25, -0.2) is 0 Å². The smallest absolute Gasteiger partial charge is 0.260 e. The van der Waals surface area contributed by atoms with E-state index >= 15 is 0 Å². The minimum Gasteiger partial charge on any atom is -0.470 e. The third kappa shape index (κ3) is 2.92. The van der Waals surface area contributed by atoms with E-state index in [0.717, 1.165) is 35.5 Å². The molecule has 4 nitrogen and oxygen atoms in total. The Bertz CT molecular complexity index is 390. The van der Waals surface area contributed by atoms with E-state index in [1.54, 1.807) is 11.8 Å². The number of piperidine rings is 1. The Labute approximate surface area is 122 Å². The Morgan fingerprint density at radius 1 is 1.44 bits per heavy atom. The number of rotatable bonds is 5. The number of ether oxygens (including phenoxy) is 1. The monoisotopic (exact) mass is 307 g/mol. The van der Waals surface area contributed by atoms with E-state index in [0.29, 0.717) is 12.1 Å². The molecule has 3 unspecified atom stereocenters. The average Bonchev–Trinajstić information content (AvgIpc) is 3.02. The van der Waals surface area contributed by atoms with Crippen LogP contribution in [-0.2, 0) is 0 Å². The predicted octanol–water partition coefficient (Wildman–Crippen LogP) is 2.59. The van der Waals surface area contributed by atoms with Crippen molar-refractivity contribution in [2.45, 2.75) is 43.4 Å². The van der Waals surface area contributed by atoms with Crippen LogP contribution in [0, 0.1) is 5.92 Å². The standard InChI is InChI=1S/C11H17N3OS2.ClH/c1-2-3-16-11-10(13-17-14-11)15-9-5-7-4-8(9)12-6-7;/h7-9,12H,2-6H2,1H3;1H. The zero-order valence-electron chi connectivity index (χ0n) is 10.3. The first-order valence-electron chi connectivity index (χ1n) is 6.22. The van der Waals surface area contributed by atoms with Gasteiger partial charge in [0.1, 0.15) is 6.10 Å². The molecule has 2 bridgehead atoms. The van der Waals surface area contributed by atoms with Gasteiger partial charge >= 0.3 is 0 Å². The summed E-state index contributed by atoms with van der Waals surface area (Å²) in [6, 6.07) is 0.533. The van der Waals surface area contributed by atoms with Crippen LogP contribution in [-0.4, -0.2) is 33.2 Å². The largest absolute Gasteiger partial charge is 0.470 e. The highest BCUT2D eigenvalue weighted by molar-refractivity contribution is 7.99. The number of fused-ring (bicyclic) bond motifs is 2. The second kappa shape index (κ2) is 6.41. The molecule has 18 heavy (non-hydrogen) atoms. The lowest BCUT2D eigenvalue weighted by molar-refractivity contribution is 0.149. The molecule has 3 rings (SSSR count). The van der Waals surface area contributed by atoms with Crippen molar-refractivity contribution in [2.24, 2.45) is 5.92 Å². The first-order valence-corrected chi connectivity index (χ1v) is 7.93. The Morgan fingerprint density at radius 2 is 2.33 bits per heavy atom. The molecular weight excluding hydrogens is 290 g/mol. The highest BCUT2D eigenvalue weighted by Crippen LogP contribution is 2.36. The molecular formula is C11H18ClN3OS2. The molecule has 2 heterocycles. The van der Waals surface area contributed by atoms with Crippen LogP contribution in [0.2, 0.25) is 0 Å². The van der Waals surface area contributed by atoms with Crippen LogP contribution in [0.15, 0.2) is 5.03 Å². The van der Waals surface area contributed by atoms with Crippen molar-refractivity contribution < 1.29 is 4.74 Å². The summed E-state index contributed by atoms with van der Waals surface area (Å²) < 4.78 is 14.6. The molecule has 1 saturated heterocycles. The van der Waals surface area contributed by atoms with E-state index in [-0.39, 0.29) is 12.4 Å². The maximum Gasteiger partial charge on any atom is 0.260 e. The first-order chi connectivity index (χ1) is 8.36. The number of halogens is 1. The summed E-state index contributed by atoms with van der Waals surface area (Å²) in [5, 5.41) is 4.48. The van der Waals surface area contributed by atoms with E-state index in [9.17, 15) is 0 Å². The Hall–Kier alpha value is -0.0400. The van der Waals surface area contributed by atoms with Crippen LogP contribution < -0.4 is 10.1 Å². The van der Waals surface area contributed by atoms with Gasteiger partial charge in [-0.2, -0.15) is 4.37 Å². The average molecular weight is 308 g/mol. The summed E-state index contributed by atoms with van der Waals surface area (Å²) in [5.41, 5.74) is 0. The number of nitrogens with one attached hydrogen (secondary N) is 1. The Kier molecular flexibility index (Phi) is 5.12. The van der Waals surface area contributed by atoms with Gasteiger partial charge in [-0.1, -0.05) is 18.7 Å². The highest BCUT2D eigenvalue weighted by Gasteiger charge is 2.41.